The highest BCUT2D eigenvalue weighted by molar-refractivity contribution is 7.19. The van der Waals surface area contributed by atoms with Crippen LogP contribution in [0.15, 0.2) is 0 Å². The minimum absolute atomic E-state index is 0.314. The Morgan fingerprint density at radius 2 is 1.84 bits per heavy atom. The van der Waals surface area contributed by atoms with Gasteiger partial charge in [-0.25, -0.2) is 9.97 Å². The largest absolute Gasteiger partial charge is 0.352 e. The molecule has 5 rings (SSSR count). The second-order valence-electron chi connectivity index (χ2n) is 10.6. The van der Waals surface area contributed by atoms with Crippen LogP contribution >= 0.6 is 11.3 Å². The fraction of sp³-hybridized carbons (Fsp3) is 0.731. The standard InChI is InChI=1S/C26H38N4OS/c1-17(2)24-27-25(23-20-10-8-18(3)16-21(20)32-26(23)28-24)30-14-12-29(13-15-30)22(31)11-9-19-6-4-5-7-19/h17-19H,4-16H2,1-3H3. The average molecular weight is 455 g/mol. The number of nitrogens with zero attached hydrogens (tertiary/aromatic N) is 4. The van der Waals surface area contributed by atoms with E-state index in [9.17, 15) is 4.79 Å². The predicted octanol–water partition coefficient (Wildman–Crippen LogP) is 5.56. The number of piperazine rings is 1. The molecule has 3 aliphatic rings. The maximum Gasteiger partial charge on any atom is 0.222 e. The van der Waals surface area contributed by atoms with Gasteiger partial charge in [0.25, 0.3) is 0 Å². The van der Waals surface area contributed by atoms with Crippen molar-refractivity contribution in [1.29, 1.82) is 0 Å². The molecule has 1 saturated heterocycles. The third kappa shape index (κ3) is 4.40. The van der Waals surface area contributed by atoms with E-state index in [2.05, 4.69) is 30.6 Å². The molecule has 3 heterocycles. The number of carbonyl (C=O) groups excluding carboxylic acids is 1. The summed E-state index contributed by atoms with van der Waals surface area (Å²) < 4.78 is 0. The Hall–Kier alpha value is -1.69. The summed E-state index contributed by atoms with van der Waals surface area (Å²) in [6.07, 6.45) is 10.8. The Bertz CT molecular complexity index is 970. The molecule has 32 heavy (non-hydrogen) atoms. The molecule has 1 atom stereocenters. The molecular formula is C26H38N4OS. The maximum absolute atomic E-state index is 12.8. The van der Waals surface area contributed by atoms with Gasteiger partial charge in [0, 0.05) is 43.4 Å². The van der Waals surface area contributed by atoms with Gasteiger partial charge >= 0.3 is 0 Å². The lowest BCUT2D eigenvalue weighted by molar-refractivity contribution is -0.131. The zero-order valence-corrected chi connectivity index (χ0v) is 20.8. The highest BCUT2D eigenvalue weighted by Crippen LogP contribution is 2.41. The first-order chi connectivity index (χ1) is 15.5. The lowest BCUT2D eigenvalue weighted by atomic mass is 9.89. The van der Waals surface area contributed by atoms with E-state index in [4.69, 9.17) is 9.97 Å². The van der Waals surface area contributed by atoms with Crippen molar-refractivity contribution in [2.24, 2.45) is 11.8 Å². The van der Waals surface area contributed by atoms with Crippen molar-refractivity contribution in [3.05, 3.63) is 16.3 Å². The number of fused-ring (bicyclic) bond motifs is 3. The van der Waals surface area contributed by atoms with Gasteiger partial charge in [0.2, 0.25) is 5.91 Å². The molecule has 1 saturated carbocycles. The Kier molecular flexibility index (Phi) is 6.42. The molecule has 5 nitrogen and oxygen atoms in total. The second-order valence-corrected chi connectivity index (χ2v) is 11.7. The van der Waals surface area contributed by atoms with Gasteiger partial charge in [-0.05, 0) is 43.1 Å². The smallest absolute Gasteiger partial charge is 0.222 e. The summed E-state index contributed by atoms with van der Waals surface area (Å²) >= 11 is 1.89. The second kappa shape index (κ2) is 9.28. The van der Waals surface area contributed by atoms with Gasteiger partial charge < -0.3 is 9.80 Å². The summed E-state index contributed by atoms with van der Waals surface area (Å²) in [5.74, 6) is 4.30. The van der Waals surface area contributed by atoms with Crippen LogP contribution in [0.25, 0.3) is 10.2 Å². The molecule has 1 aliphatic heterocycles. The summed E-state index contributed by atoms with van der Waals surface area (Å²) in [7, 11) is 0. The number of aromatic nitrogens is 2. The number of aryl methyl sites for hydroxylation is 1. The summed E-state index contributed by atoms with van der Waals surface area (Å²) in [5.41, 5.74) is 1.50. The van der Waals surface area contributed by atoms with Crippen LogP contribution in [0.2, 0.25) is 0 Å². The highest BCUT2D eigenvalue weighted by atomic mass is 32.1. The molecule has 1 amide bonds. The van der Waals surface area contributed by atoms with Gasteiger partial charge in [0.15, 0.2) is 0 Å². The molecule has 2 fully saturated rings. The van der Waals surface area contributed by atoms with E-state index >= 15 is 0 Å². The highest BCUT2D eigenvalue weighted by Gasteiger charge is 2.29. The Morgan fingerprint density at radius 1 is 1.09 bits per heavy atom. The van der Waals surface area contributed by atoms with Crippen LogP contribution in [-0.4, -0.2) is 47.0 Å². The minimum atomic E-state index is 0.314. The summed E-state index contributed by atoms with van der Waals surface area (Å²) in [6, 6.07) is 0. The Labute approximate surface area is 196 Å². The SMILES string of the molecule is CC1CCc2c(sc3nc(C(C)C)nc(N4CCN(C(=O)CCC5CCCC5)CC4)c23)C1. The minimum Gasteiger partial charge on any atom is -0.352 e. The molecule has 0 spiro atoms. The molecule has 174 valence electrons. The fourth-order valence-corrected chi connectivity index (χ4v) is 7.16. The Balaban J connectivity index is 1.33. The van der Waals surface area contributed by atoms with Gasteiger partial charge in [0.05, 0.1) is 5.39 Å². The number of amides is 1. The van der Waals surface area contributed by atoms with Crippen LogP contribution in [0, 0.1) is 11.8 Å². The molecule has 2 aromatic heterocycles. The number of hydrogen-bond acceptors (Lipinski definition) is 5. The average Bonchev–Trinajstić information content (AvgIpc) is 3.44. The van der Waals surface area contributed by atoms with Crippen molar-refractivity contribution >= 4 is 33.3 Å². The first-order valence-electron chi connectivity index (χ1n) is 12.8. The summed E-state index contributed by atoms with van der Waals surface area (Å²) in [5, 5.41) is 1.31. The van der Waals surface area contributed by atoms with Crippen LogP contribution in [0.1, 0.15) is 87.9 Å². The van der Waals surface area contributed by atoms with Gasteiger partial charge in [-0.15, -0.1) is 11.3 Å². The molecule has 0 N–H and O–H groups in total. The number of rotatable bonds is 5. The predicted molar refractivity (Wildman–Crippen MR) is 133 cm³/mol. The number of thiophene rings is 1. The van der Waals surface area contributed by atoms with E-state index < -0.39 is 0 Å². The molecule has 2 aromatic rings. The molecule has 2 aliphatic carbocycles. The van der Waals surface area contributed by atoms with E-state index in [0.717, 1.165) is 68.9 Å². The first kappa shape index (κ1) is 22.1. The first-order valence-corrected chi connectivity index (χ1v) is 13.7. The normalized spacial score (nSPS) is 22.2. The monoisotopic (exact) mass is 454 g/mol. The fourth-order valence-electron chi connectivity index (χ4n) is 5.78. The van der Waals surface area contributed by atoms with E-state index in [-0.39, 0.29) is 0 Å². The molecule has 6 heteroatoms. The van der Waals surface area contributed by atoms with Gasteiger partial charge in [-0.3, -0.25) is 4.79 Å². The zero-order chi connectivity index (χ0) is 22.2. The van der Waals surface area contributed by atoms with Crippen molar-refractivity contribution in [2.75, 3.05) is 31.1 Å². The van der Waals surface area contributed by atoms with Crippen LogP contribution in [0.4, 0.5) is 5.82 Å². The van der Waals surface area contributed by atoms with Crippen LogP contribution in [0.3, 0.4) is 0 Å². The van der Waals surface area contributed by atoms with Crippen LogP contribution in [-0.2, 0) is 17.6 Å². The molecular weight excluding hydrogens is 416 g/mol. The molecule has 0 bridgehead atoms. The van der Waals surface area contributed by atoms with Crippen molar-refractivity contribution < 1.29 is 4.79 Å². The van der Waals surface area contributed by atoms with Gasteiger partial charge in [-0.1, -0.05) is 46.5 Å². The lowest BCUT2D eigenvalue weighted by Crippen LogP contribution is -2.49. The third-order valence-corrected chi connectivity index (χ3v) is 8.99. The lowest BCUT2D eigenvalue weighted by Gasteiger charge is -2.36. The van der Waals surface area contributed by atoms with E-state index in [1.807, 2.05) is 11.3 Å². The summed E-state index contributed by atoms with van der Waals surface area (Å²) in [6.45, 7) is 10.1. The molecule has 0 radical (unpaired) electrons. The third-order valence-electron chi connectivity index (χ3n) is 7.84. The van der Waals surface area contributed by atoms with Crippen molar-refractivity contribution in [1.82, 2.24) is 14.9 Å². The van der Waals surface area contributed by atoms with E-state index in [1.165, 1.54) is 59.2 Å². The van der Waals surface area contributed by atoms with Crippen molar-refractivity contribution in [3.63, 3.8) is 0 Å². The zero-order valence-electron chi connectivity index (χ0n) is 20.0. The molecule has 0 aromatic carbocycles. The van der Waals surface area contributed by atoms with E-state index in [0.29, 0.717) is 11.8 Å². The van der Waals surface area contributed by atoms with Gasteiger partial charge in [0.1, 0.15) is 16.5 Å². The number of hydrogen-bond donors (Lipinski definition) is 0. The van der Waals surface area contributed by atoms with Crippen LogP contribution < -0.4 is 4.90 Å². The van der Waals surface area contributed by atoms with E-state index in [1.54, 1.807) is 0 Å². The maximum atomic E-state index is 12.8. The van der Waals surface area contributed by atoms with Crippen molar-refractivity contribution in [3.8, 4) is 0 Å². The van der Waals surface area contributed by atoms with Crippen LogP contribution in [0.5, 0.6) is 0 Å². The topological polar surface area (TPSA) is 49.3 Å². The molecule has 1 unspecified atom stereocenters. The quantitative estimate of drug-likeness (QED) is 0.594. The number of anilines is 1. The van der Waals surface area contributed by atoms with Crippen molar-refractivity contribution in [2.45, 2.75) is 84.5 Å². The van der Waals surface area contributed by atoms with Gasteiger partial charge in [-0.2, -0.15) is 0 Å². The number of carbonyl (C=O) groups is 1. The Morgan fingerprint density at radius 3 is 2.56 bits per heavy atom. The summed E-state index contributed by atoms with van der Waals surface area (Å²) in [4.78, 5) is 30.1.